The summed E-state index contributed by atoms with van der Waals surface area (Å²) in [5.41, 5.74) is 7.57. The predicted octanol–water partition coefficient (Wildman–Crippen LogP) is 1.87. The molecule has 1 heterocycles. The summed E-state index contributed by atoms with van der Waals surface area (Å²) >= 11 is 0. The van der Waals surface area contributed by atoms with Gasteiger partial charge in [-0.15, -0.1) is 0 Å². The van der Waals surface area contributed by atoms with Gasteiger partial charge in [0.15, 0.2) is 0 Å². The van der Waals surface area contributed by atoms with E-state index in [4.69, 9.17) is 5.73 Å². The van der Waals surface area contributed by atoms with Crippen molar-refractivity contribution in [2.75, 3.05) is 11.9 Å². The van der Waals surface area contributed by atoms with E-state index >= 15 is 0 Å². The number of carbonyl (C=O) groups is 1. The van der Waals surface area contributed by atoms with Crippen molar-refractivity contribution in [2.24, 2.45) is 5.73 Å². The minimum Gasteiger partial charge on any atom is -0.359 e. The summed E-state index contributed by atoms with van der Waals surface area (Å²) in [4.78, 5) is 16.7. The van der Waals surface area contributed by atoms with Gasteiger partial charge in [-0.3, -0.25) is 4.79 Å². The average molecular weight is 231 g/mol. The lowest BCUT2D eigenvalue weighted by atomic mass is 10.2. The van der Waals surface area contributed by atoms with Crippen LogP contribution in [0.2, 0.25) is 0 Å². The minimum atomic E-state index is -0.116. The van der Waals surface area contributed by atoms with Gasteiger partial charge in [-0.25, -0.2) is 0 Å². The van der Waals surface area contributed by atoms with Crippen molar-refractivity contribution >= 4 is 22.5 Å². The molecule has 0 aliphatic heterocycles. The Morgan fingerprint density at radius 1 is 1.47 bits per heavy atom. The molecule has 1 aromatic heterocycles. The van der Waals surface area contributed by atoms with Gasteiger partial charge in [0.05, 0.1) is 5.69 Å². The zero-order chi connectivity index (χ0) is 12.4. The summed E-state index contributed by atoms with van der Waals surface area (Å²) in [5.74, 6) is 0.0322. The second-order valence-electron chi connectivity index (χ2n) is 4.35. The summed E-state index contributed by atoms with van der Waals surface area (Å²) < 4.78 is 0. The van der Waals surface area contributed by atoms with E-state index < -0.39 is 0 Å². The van der Waals surface area contributed by atoms with Crippen molar-refractivity contribution in [1.29, 1.82) is 0 Å². The Bertz CT molecular complexity index is 530. The Kier molecular flexibility index (Phi) is 3.15. The number of nitrogens with one attached hydrogen (secondary N) is 1. The monoisotopic (exact) mass is 231 g/mol. The van der Waals surface area contributed by atoms with Crippen LogP contribution in [-0.4, -0.2) is 24.0 Å². The molecule has 0 aliphatic carbocycles. The van der Waals surface area contributed by atoms with E-state index in [0.29, 0.717) is 6.42 Å². The van der Waals surface area contributed by atoms with E-state index in [9.17, 15) is 4.79 Å². The largest absolute Gasteiger partial charge is 0.359 e. The molecule has 0 radical (unpaired) electrons. The van der Waals surface area contributed by atoms with Crippen LogP contribution in [0.25, 0.3) is 10.9 Å². The van der Waals surface area contributed by atoms with Gasteiger partial charge in [0.25, 0.3) is 0 Å². The van der Waals surface area contributed by atoms with Crippen molar-refractivity contribution in [1.82, 2.24) is 4.98 Å². The average Bonchev–Trinajstić information content (AvgIpc) is 2.70. The first kappa shape index (κ1) is 11.7. The second kappa shape index (κ2) is 4.59. The van der Waals surface area contributed by atoms with Crippen LogP contribution in [0, 0.1) is 0 Å². The Hall–Kier alpha value is -1.81. The molecule has 17 heavy (non-hydrogen) atoms. The molecular weight excluding hydrogens is 214 g/mol. The molecule has 1 atom stereocenters. The van der Waals surface area contributed by atoms with Crippen molar-refractivity contribution in [3.8, 4) is 0 Å². The van der Waals surface area contributed by atoms with Gasteiger partial charge in [-0.05, 0) is 13.0 Å². The van der Waals surface area contributed by atoms with E-state index in [0.717, 1.165) is 16.6 Å². The number of aromatic amines is 1. The van der Waals surface area contributed by atoms with Gasteiger partial charge in [-0.2, -0.15) is 0 Å². The Morgan fingerprint density at radius 2 is 2.18 bits per heavy atom. The molecule has 2 aromatic rings. The Balaban J connectivity index is 2.30. The number of fused-ring (bicyclic) bond motifs is 1. The number of amides is 1. The molecule has 0 spiro atoms. The van der Waals surface area contributed by atoms with Crippen LogP contribution < -0.4 is 10.6 Å². The molecule has 1 aromatic carbocycles. The summed E-state index contributed by atoms with van der Waals surface area (Å²) in [5, 5.41) is 1.05. The molecule has 0 bridgehead atoms. The SMILES string of the molecule is CC(N)CC(=O)N(C)c1c[nH]c2ccccc12. The molecule has 2 rings (SSSR count). The predicted molar refractivity (Wildman–Crippen MR) is 70.0 cm³/mol. The zero-order valence-corrected chi connectivity index (χ0v) is 10.1. The highest BCUT2D eigenvalue weighted by atomic mass is 16.2. The maximum absolute atomic E-state index is 11.9. The van der Waals surface area contributed by atoms with Crippen LogP contribution >= 0.6 is 0 Å². The Morgan fingerprint density at radius 3 is 2.88 bits per heavy atom. The van der Waals surface area contributed by atoms with E-state index in [-0.39, 0.29) is 11.9 Å². The van der Waals surface area contributed by atoms with E-state index in [1.165, 1.54) is 0 Å². The lowest BCUT2D eigenvalue weighted by Crippen LogP contribution is -2.31. The first-order chi connectivity index (χ1) is 8.09. The molecule has 90 valence electrons. The van der Waals surface area contributed by atoms with Crippen molar-refractivity contribution < 1.29 is 4.79 Å². The summed E-state index contributed by atoms with van der Waals surface area (Å²) in [6.45, 7) is 1.83. The molecule has 1 amide bonds. The lowest BCUT2D eigenvalue weighted by Gasteiger charge is -2.17. The summed E-state index contributed by atoms with van der Waals surface area (Å²) in [6.07, 6.45) is 2.21. The standard InChI is InChI=1S/C13H17N3O/c1-9(14)7-13(17)16(2)12-8-15-11-6-4-3-5-10(11)12/h3-6,8-9,15H,7,14H2,1-2H3. The van der Waals surface area contributed by atoms with Crippen LogP contribution in [0.5, 0.6) is 0 Å². The van der Waals surface area contributed by atoms with Gasteiger partial charge >= 0.3 is 0 Å². The molecule has 0 saturated heterocycles. The lowest BCUT2D eigenvalue weighted by molar-refractivity contribution is -0.118. The maximum atomic E-state index is 11.9. The fraction of sp³-hybridized carbons (Fsp3) is 0.308. The van der Waals surface area contributed by atoms with Crippen LogP contribution in [-0.2, 0) is 4.79 Å². The summed E-state index contributed by atoms with van der Waals surface area (Å²) in [7, 11) is 1.78. The molecule has 1 unspecified atom stereocenters. The highest BCUT2D eigenvalue weighted by molar-refractivity contribution is 6.03. The van der Waals surface area contributed by atoms with Crippen LogP contribution in [0.4, 0.5) is 5.69 Å². The quantitative estimate of drug-likeness (QED) is 0.847. The molecule has 3 N–H and O–H groups in total. The molecule has 4 nitrogen and oxygen atoms in total. The smallest absolute Gasteiger partial charge is 0.228 e. The molecule has 0 saturated carbocycles. The fourth-order valence-electron chi connectivity index (χ4n) is 1.88. The number of nitrogens with two attached hydrogens (primary N) is 1. The number of aromatic nitrogens is 1. The van der Waals surface area contributed by atoms with Crippen LogP contribution in [0.15, 0.2) is 30.5 Å². The minimum absolute atomic E-state index is 0.0322. The Labute approximate surface area is 100 Å². The van der Waals surface area contributed by atoms with E-state index in [2.05, 4.69) is 4.98 Å². The third-order valence-corrected chi connectivity index (χ3v) is 2.80. The number of para-hydroxylation sites is 1. The highest BCUT2D eigenvalue weighted by Gasteiger charge is 2.15. The highest BCUT2D eigenvalue weighted by Crippen LogP contribution is 2.25. The molecule has 4 heteroatoms. The maximum Gasteiger partial charge on any atom is 0.228 e. The van der Waals surface area contributed by atoms with Gasteiger partial charge < -0.3 is 15.6 Å². The first-order valence-corrected chi connectivity index (χ1v) is 5.68. The zero-order valence-electron chi connectivity index (χ0n) is 10.1. The second-order valence-corrected chi connectivity index (χ2v) is 4.35. The van der Waals surface area contributed by atoms with Gasteiger partial charge in [0, 0.05) is 36.6 Å². The third kappa shape index (κ3) is 2.31. The number of anilines is 1. The fourth-order valence-corrected chi connectivity index (χ4v) is 1.88. The molecular formula is C13H17N3O. The molecule has 0 fully saturated rings. The van der Waals surface area contributed by atoms with Crippen LogP contribution in [0.3, 0.4) is 0 Å². The topological polar surface area (TPSA) is 62.1 Å². The summed E-state index contributed by atoms with van der Waals surface area (Å²) in [6, 6.07) is 7.80. The number of H-pyrrole nitrogens is 1. The van der Waals surface area contributed by atoms with Crippen LogP contribution in [0.1, 0.15) is 13.3 Å². The van der Waals surface area contributed by atoms with Gasteiger partial charge in [0.2, 0.25) is 5.91 Å². The van der Waals surface area contributed by atoms with Crippen molar-refractivity contribution in [2.45, 2.75) is 19.4 Å². The number of nitrogens with zero attached hydrogens (tertiary/aromatic N) is 1. The van der Waals surface area contributed by atoms with Gasteiger partial charge in [0.1, 0.15) is 0 Å². The first-order valence-electron chi connectivity index (χ1n) is 5.68. The molecule has 0 aliphatic rings. The number of hydrogen-bond acceptors (Lipinski definition) is 2. The normalized spacial score (nSPS) is 12.6. The van der Waals surface area contributed by atoms with E-state index in [1.807, 2.05) is 37.4 Å². The van der Waals surface area contributed by atoms with Crippen molar-refractivity contribution in [3.05, 3.63) is 30.5 Å². The van der Waals surface area contributed by atoms with Gasteiger partial charge in [-0.1, -0.05) is 18.2 Å². The van der Waals surface area contributed by atoms with Crippen molar-refractivity contribution in [3.63, 3.8) is 0 Å². The number of carbonyl (C=O) groups excluding carboxylic acids is 1. The number of rotatable bonds is 3. The number of hydrogen-bond donors (Lipinski definition) is 2. The third-order valence-electron chi connectivity index (χ3n) is 2.80. The number of benzene rings is 1. The van der Waals surface area contributed by atoms with E-state index in [1.54, 1.807) is 11.9 Å².